The van der Waals surface area contributed by atoms with Crippen LogP contribution in [0.3, 0.4) is 0 Å². The molecule has 0 spiro atoms. The number of nitrogens with zero attached hydrogens (tertiary/aromatic N) is 2. The van der Waals surface area contributed by atoms with Gasteiger partial charge in [-0.2, -0.15) is 9.97 Å². The summed E-state index contributed by atoms with van der Waals surface area (Å²) in [5, 5.41) is 1.24. The van der Waals surface area contributed by atoms with E-state index in [2.05, 4.69) is 15.3 Å². The van der Waals surface area contributed by atoms with Gasteiger partial charge in [-0.1, -0.05) is 37.0 Å². The first-order valence-electron chi connectivity index (χ1n) is 5.57. The normalized spacial score (nSPS) is 10.3. The highest BCUT2D eigenvalue weighted by Gasteiger charge is 2.18. The molecule has 1 N–H and O–H groups in total. The SMILES string of the molecule is CC.CC(C)(C)OC(=O)Nc1nc(Cl)c(F)c(Cl)n1. The molecule has 0 aromatic carbocycles. The van der Waals surface area contributed by atoms with Gasteiger partial charge < -0.3 is 4.74 Å². The molecule has 1 aromatic rings. The Morgan fingerprint density at radius 2 is 1.63 bits per heavy atom. The summed E-state index contributed by atoms with van der Waals surface area (Å²) < 4.78 is 17.9. The van der Waals surface area contributed by atoms with Crippen molar-refractivity contribution in [3.63, 3.8) is 0 Å². The molecular formula is C11H16Cl2FN3O2. The molecule has 0 fully saturated rings. The lowest BCUT2D eigenvalue weighted by atomic mass is 10.2. The molecule has 0 bridgehead atoms. The molecule has 1 heterocycles. The number of hydrogen-bond donors (Lipinski definition) is 1. The maximum absolute atomic E-state index is 13.0. The molecule has 0 saturated carbocycles. The summed E-state index contributed by atoms with van der Waals surface area (Å²) in [6, 6.07) is 0. The standard InChI is InChI=1S/C9H10Cl2FN3O2.C2H6/c1-9(2,3)17-8(16)15-7-13-5(10)4(12)6(11)14-7;1-2/h1-3H3,(H,13,14,15,16);1-2H3. The molecule has 5 nitrogen and oxygen atoms in total. The van der Waals surface area contributed by atoms with Gasteiger partial charge in [-0.25, -0.2) is 9.18 Å². The highest BCUT2D eigenvalue weighted by atomic mass is 35.5. The zero-order valence-electron chi connectivity index (χ0n) is 11.3. The lowest BCUT2D eigenvalue weighted by molar-refractivity contribution is 0.0634. The van der Waals surface area contributed by atoms with E-state index in [0.29, 0.717) is 0 Å². The van der Waals surface area contributed by atoms with Crippen LogP contribution in [0.2, 0.25) is 10.3 Å². The number of carbonyl (C=O) groups is 1. The van der Waals surface area contributed by atoms with E-state index in [4.69, 9.17) is 27.9 Å². The summed E-state index contributed by atoms with van der Waals surface area (Å²) in [7, 11) is 0. The van der Waals surface area contributed by atoms with Gasteiger partial charge in [-0.05, 0) is 20.8 Å². The molecule has 0 aliphatic heterocycles. The van der Waals surface area contributed by atoms with Gasteiger partial charge in [0, 0.05) is 0 Å². The van der Waals surface area contributed by atoms with Gasteiger partial charge in [0.25, 0.3) is 0 Å². The summed E-state index contributed by atoms with van der Waals surface area (Å²) in [5.41, 5.74) is -0.669. The summed E-state index contributed by atoms with van der Waals surface area (Å²) in [6.45, 7) is 9.08. The number of ether oxygens (including phenoxy) is 1. The Hall–Kier alpha value is -1.14. The quantitative estimate of drug-likeness (QED) is 0.785. The number of aromatic nitrogens is 2. The van der Waals surface area contributed by atoms with E-state index in [1.165, 1.54) is 0 Å². The van der Waals surface area contributed by atoms with Crippen LogP contribution in [0.1, 0.15) is 34.6 Å². The van der Waals surface area contributed by atoms with Gasteiger partial charge in [0.15, 0.2) is 16.1 Å². The van der Waals surface area contributed by atoms with Crippen molar-refractivity contribution in [2.24, 2.45) is 0 Å². The highest BCUT2D eigenvalue weighted by molar-refractivity contribution is 6.33. The fraction of sp³-hybridized carbons (Fsp3) is 0.545. The van der Waals surface area contributed by atoms with Gasteiger partial charge in [-0.3, -0.25) is 5.32 Å². The van der Waals surface area contributed by atoms with Crippen LogP contribution in [0.25, 0.3) is 0 Å². The van der Waals surface area contributed by atoms with Crippen molar-refractivity contribution >= 4 is 35.2 Å². The number of carbonyl (C=O) groups excluding carboxylic acids is 1. The van der Waals surface area contributed by atoms with Gasteiger partial charge in [0.05, 0.1) is 0 Å². The predicted octanol–water partition coefficient (Wildman–Crippen LogP) is 4.30. The minimum absolute atomic E-state index is 0.226. The molecule has 0 aliphatic rings. The smallest absolute Gasteiger partial charge is 0.414 e. The van der Waals surface area contributed by atoms with Gasteiger partial charge in [0.1, 0.15) is 5.60 Å². The molecule has 0 unspecified atom stereocenters. The molecule has 1 rings (SSSR count). The largest absolute Gasteiger partial charge is 0.444 e. The monoisotopic (exact) mass is 311 g/mol. The van der Waals surface area contributed by atoms with Gasteiger partial charge in [-0.15, -0.1) is 0 Å². The van der Waals surface area contributed by atoms with Crippen LogP contribution in [0.15, 0.2) is 0 Å². The minimum Gasteiger partial charge on any atom is -0.444 e. The van der Waals surface area contributed by atoms with Crippen LogP contribution < -0.4 is 5.32 Å². The number of hydrogen-bond acceptors (Lipinski definition) is 4. The van der Waals surface area contributed by atoms with Crippen molar-refractivity contribution in [3.8, 4) is 0 Å². The zero-order valence-corrected chi connectivity index (χ0v) is 12.9. The van der Waals surface area contributed by atoms with Crippen LogP contribution in [0, 0.1) is 5.82 Å². The van der Waals surface area contributed by atoms with E-state index in [-0.39, 0.29) is 5.95 Å². The maximum Gasteiger partial charge on any atom is 0.414 e. The number of halogens is 3. The fourth-order valence-corrected chi connectivity index (χ4v) is 1.23. The topological polar surface area (TPSA) is 64.1 Å². The lowest BCUT2D eigenvalue weighted by Crippen LogP contribution is -2.27. The van der Waals surface area contributed by atoms with E-state index in [1.807, 2.05) is 13.8 Å². The Labute approximate surface area is 121 Å². The van der Waals surface area contributed by atoms with Crippen molar-refractivity contribution in [2.75, 3.05) is 5.32 Å². The molecule has 0 radical (unpaired) electrons. The third kappa shape index (κ3) is 6.54. The average molecular weight is 312 g/mol. The van der Waals surface area contributed by atoms with Gasteiger partial charge >= 0.3 is 6.09 Å². The summed E-state index contributed by atoms with van der Waals surface area (Å²) in [4.78, 5) is 18.3. The molecule has 1 amide bonds. The summed E-state index contributed by atoms with van der Waals surface area (Å²) in [5.74, 6) is -1.17. The lowest BCUT2D eigenvalue weighted by Gasteiger charge is -2.19. The first-order chi connectivity index (χ1) is 8.69. The number of nitrogens with one attached hydrogen (secondary N) is 1. The van der Waals surface area contributed by atoms with Crippen LogP contribution in [0.4, 0.5) is 15.1 Å². The van der Waals surface area contributed by atoms with E-state index in [1.54, 1.807) is 20.8 Å². The van der Waals surface area contributed by atoms with Crippen molar-refractivity contribution in [3.05, 3.63) is 16.1 Å². The number of rotatable bonds is 1. The third-order valence-electron chi connectivity index (χ3n) is 1.38. The Bertz CT molecular complexity index is 427. The molecule has 108 valence electrons. The summed E-state index contributed by atoms with van der Waals surface area (Å²) >= 11 is 10.9. The molecule has 19 heavy (non-hydrogen) atoms. The Morgan fingerprint density at radius 1 is 1.21 bits per heavy atom. The number of amides is 1. The second-order valence-electron chi connectivity index (χ2n) is 4.07. The highest BCUT2D eigenvalue weighted by Crippen LogP contribution is 2.20. The maximum atomic E-state index is 13.0. The predicted molar refractivity (Wildman–Crippen MR) is 73.2 cm³/mol. The van der Waals surface area contributed by atoms with Crippen LogP contribution >= 0.6 is 23.2 Å². The van der Waals surface area contributed by atoms with E-state index >= 15 is 0 Å². The Kier molecular flexibility index (Phi) is 7.00. The second-order valence-corrected chi connectivity index (χ2v) is 4.79. The van der Waals surface area contributed by atoms with E-state index in [9.17, 15) is 9.18 Å². The second kappa shape index (κ2) is 7.45. The Balaban J connectivity index is 0.00000154. The van der Waals surface area contributed by atoms with Crippen molar-refractivity contribution in [1.82, 2.24) is 9.97 Å². The van der Waals surface area contributed by atoms with E-state index < -0.39 is 27.8 Å². The minimum atomic E-state index is -0.942. The van der Waals surface area contributed by atoms with Crippen molar-refractivity contribution in [2.45, 2.75) is 40.2 Å². The van der Waals surface area contributed by atoms with Crippen LogP contribution in [-0.2, 0) is 4.74 Å². The fourth-order valence-electron chi connectivity index (χ4n) is 0.845. The molecule has 0 aliphatic carbocycles. The van der Waals surface area contributed by atoms with Crippen molar-refractivity contribution in [1.29, 1.82) is 0 Å². The van der Waals surface area contributed by atoms with Crippen molar-refractivity contribution < 1.29 is 13.9 Å². The molecule has 0 saturated heterocycles. The number of anilines is 1. The first kappa shape index (κ1) is 17.9. The molecule has 1 aromatic heterocycles. The van der Waals surface area contributed by atoms with Crippen LogP contribution in [-0.4, -0.2) is 21.7 Å². The molecule has 8 heteroatoms. The summed E-state index contributed by atoms with van der Waals surface area (Å²) in [6.07, 6.45) is -0.781. The zero-order chi connectivity index (χ0) is 15.2. The average Bonchev–Trinajstić information content (AvgIpc) is 2.25. The molecular weight excluding hydrogens is 296 g/mol. The first-order valence-corrected chi connectivity index (χ1v) is 6.33. The molecule has 0 atom stereocenters. The third-order valence-corrected chi connectivity index (χ3v) is 1.88. The van der Waals surface area contributed by atoms with Gasteiger partial charge in [0.2, 0.25) is 5.95 Å². The Morgan fingerprint density at radius 3 is 2.00 bits per heavy atom. The van der Waals surface area contributed by atoms with Crippen LogP contribution in [0.5, 0.6) is 0 Å². The van der Waals surface area contributed by atoms with E-state index in [0.717, 1.165) is 0 Å².